The summed E-state index contributed by atoms with van der Waals surface area (Å²) in [7, 11) is 0. The Kier molecular flexibility index (Phi) is 6.21. The van der Waals surface area contributed by atoms with Crippen LogP contribution in [-0.2, 0) is 6.42 Å². The van der Waals surface area contributed by atoms with Crippen LogP contribution < -0.4 is 5.32 Å². The third kappa shape index (κ3) is 4.81. The second-order valence-electron chi connectivity index (χ2n) is 7.17. The number of nitrogens with one attached hydrogen (secondary N) is 1. The quantitative estimate of drug-likeness (QED) is 0.859. The van der Waals surface area contributed by atoms with Crippen molar-refractivity contribution in [2.24, 2.45) is 5.92 Å². The summed E-state index contributed by atoms with van der Waals surface area (Å²) >= 11 is 0. The molecule has 26 heavy (non-hydrogen) atoms. The SMILES string of the molecule is CCC(C)Nc1ncc(C(=O)N2CCC(Cc3ccccc3)CC2)cn1. The van der Waals surface area contributed by atoms with E-state index in [-0.39, 0.29) is 5.91 Å². The largest absolute Gasteiger partial charge is 0.352 e. The molecule has 1 N–H and O–H groups in total. The lowest BCUT2D eigenvalue weighted by Gasteiger charge is -2.32. The topological polar surface area (TPSA) is 58.1 Å². The first-order chi connectivity index (χ1) is 12.7. The minimum Gasteiger partial charge on any atom is -0.352 e. The number of hydrogen-bond acceptors (Lipinski definition) is 4. The number of likely N-dealkylation sites (tertiary alicyclic amines) is 1. The third-order valence-electron chi connectivity index (χ3n) is 5.16. The molecule has 5 heteroatoms. The number of benzene rings is 1. The molecule has 138 valence electrons. The lowest BCUT2D eigenvalue weighted by atomic mass is 9.90. The van der Waals surface area contributed by atoms with Gasteiger partial charge in [-0.05, 0) is 44.1 Å². The molecule has 0 aliphatic carbocycles. The fourth-order valence-electron chi connectivity index (χ4n) is 3.31. The normalized spacial score (nSPS) is 16.3. The summed E-state index contributed by atoms with van der Waals surface area (Å²) in [6, 6.07) is 10.9. The number of piperidine rings is 1. The highest BCUT2D eigenvalue weighted by Crippen LogP contribution is 2.22. The predicted octanol–water partition coefficient (Wildman–Crippen LogP) is 3.78. The standard InChI is InChI=1S/C21H28N4O/c1-3-16(2)24-21-22-14-19(15-23-21)20(26)25-11-9-18(10-12-25)13-17-7-5-4-6-8-17/h4-8,14-16,18H,3,9-13H2,1-2H3,(H,22,23,24). The Morgan fingerprint density at radius 3 is 2.46 bits per heavy atom. The number of amides is 1. The summed E-state index contributed by atoms with van der Waals surface area (Å²) in [5.74, 6) is 1.27. The molecular formula is C21H28N4O. The van der Waals surface area contributed by atoms with Gasteiger partial charge in [-0.3, -0.25) is 4.79 Å². The summed E-state index contributed by atoms with van der Waals surface area (Å²) in [6.45, 7) is 5.81. The Balaban J connectivity index is 1.51. The average Bonchev–Trinajstić information content (AvgIpc) is 2.69. The van der Waals surface area contributed by atoms with E-state index in [1.165, 1.54) is 5.56 Å². The van der Waals surface area contributed by atoms with Crippen LogP contribution in [0.15, 0.2) is 42.7 Å². The zero-order chi connectivity index (χ0) is 18.4. The van der Waals surface area contributed by atoms with Crippen molar-refractivity contribution < 1.29 is 4.79 Å². The van der Waals surface area contributed by atoms with Gasteiger partial charge in [-0.2, -0.15) is 0 Å². The molecule has 3 rings (SSSR count). The van der Waals surface area contributed by atoms with E-state index < -0.39 is 0 Å². The van der Waals surface area contributed by atoms with Crippen molar-refractivity contribution in [2.45, 2.75) is 45.6 Å². The fourth-order valence-corrected chi connectivity index (χ4v) is 3.31. The zero-order valence-corrected chi connectivity index (χ0v) is 15.7. The summed E-state index contributed by atoms with van der Waals surface area (Å²) in [5.41, 5.74) is 1.95. The molecule has 1 aliphatic heterocycles. The van der Waals surface area contributed by atoms with Gasteiger partial charge in [0, 0.05) is 31.5 Å². The van der Waals surface area contributed by atoms with Crippen molar-refractivity contribution >= 4 is 11.9 Å². The molecule has 1 saturated heterocycles. The predicted molar refractivity (Wildman–Crippen MR) is 104 cm³/mol. The second-order valence-corrected chi connectivity index (χ2v) is 7.17. The molecule has 1 aromatic heterocycles. The van der Waals surface area contributed by atoms with Gasteiger partial charge >= 0.3 is 0 Å². The van der Waals surface area contributed by atoms with Crippen LogP contribution in [0.4, 0.5) is 5.95 Å². The van der Waals surface area contributed by atoms with E-state index in [0.29, 0.717) is 23.5 Å². The van der Waals surface area contributed by atoms with Gasteiger partial charge in [0.2, 0.25) is 5.95 Å². The van der Waals surface area contributed by atoms with Crippen LogP contribution in [0.5, 0.6) is 0 Å². The third-order valence-corrected chi connectivity index (χ3v) is 5.16. The van der Waals surface area contributed by atoms with Crippen molar-refractivity contribution in [1.29, 1.82) is 0 Å². The summed E-state index contributed by atoms with van der Waals surface area (Å²) in [5, 5.41) is 3.22. The Morgan fingerprint density at radius 2 is 1.85 bits per heavy atom. The number of hydrogen-bond donors (Lipinski definition) is 1. The van der Waals surface area contributed by atoms with Crippen LogP contribution in [-0.4, -0.2) is 39.9 Å². The maximum Gasteiger partial charge on any atom is 0.256 e. The number of carbonyl (C=O) groups is 1. The van der Waals surface area contributed by atoms with Gasteiger partial charge < -0.3 is 10.2 Å². The van der Waals surface area contributed by atoms with E-state index in [9.17, 15) is 4.79 Å². The molecule has 2 heterocycles. The number of aromatic nitrogens is 2. The van der Waals surface area contributed by atoms with Crippen LogP contribution in [0, 0.1) is 5.92 Å². The maximum absolute atomic E-state index is 12.7. The molecule has 0 saturated carbocycles. The van der Waals surface area contributed by atoms with Gasteiger partial charge in [0.1, 0.15) is 0 Å². The van der Waals surface area contributed by atoms with Crippen molar-refractivity contribution in [2.75, 3.05) is 18.4 Å². The monoisotopic (exact) mass is 352 g/mol. The minimum atomic E-state index is 0.0400. The van der Waals surface area contributed by atoms with Crippen molar-refractivity contribution in [3.8, 4) is 0 Å². The number of carbonyl (C=O) groups excluding carboxylic acids is 1. The molecule has 1 unspecified atom stereocenters. The van der Waals surface area contributed by atoms with Crippen molar-refractivity contribution in [1.82, 2.24) is 14.9 Å². The second kappa shape index (κ2) is 8.79. The Labute approximate surface area is 155 Å². The lowest BCUT2D eigenvalue weighted by Crippen LogP contribution is -2.39. The fraction of sp³-hybridized carbons (Fsp3) is 0.476. The van der Waals surface area contributed by atoms with E-state index in [0.717, 1.165) is 38.8 Å². The van der Waals surface area contributed by atoms with Gasteiger partial charge in [-0.1, -0.05) is 37.3 Å². The molecule has 0 spiro atoms. The van der Waals surface area contributed by atoms with Crippen LogP contribution in [0.3, 0.4) is 0 Å². The smallest absolute Gasteiger partial charge is 0.256 e. The van der Waals surface area contributed by atoms with Crippen LogP contribution in [0.2, 0.25) is 0 Å². The first-order valence-electron chi connectivity index (χ1n) is 9.57. The molecule has 1 atom stereocenters. The van der Waals surface area contributed by atoms with Crippen LogP contribution in [0.25, 0.3) is 0 Å². The molecule has 5 nitrogen and oxygen atoms in total. The van der Waals surface area contributed by atoms with E-state index in [4.69, 9.17) is 0 Å². The maximum atomic E-state index is 12.7. The van der Waals surface area contributed by atoms with E-state index >= 15 is 0 Å². The average molecular weight is 352 g/mol. The molecule has 2 aromatic rings. The molecule has 1 aliphatic rings. The molecule has 0 bridgehead atoms. The Hall–Kier alpha value is -2.43. The molecule has 0 radical (unpaired) electrons. The zero-order valence-electron chi connectivity index (χ0n) is 15.7. The molecule has 1 aromatic carbocycles. The van der Waals surface area contributed by atoms with Crippen molar-refractivity contribution in [3.63, 3.8) is 0 Å². The number of nitrogens with zero attached hydrogens (tertiary/aromatic N) is 3. The van der Waals surface area contributed by atoms with Gasteiger partial charge in [-0.25, -0.2) is 9.97 Å². The summed E-state index contributed by atoms with van der Waals surface area (Å²) in [6.07, 6.45) is 7.47. The Morgan fingerprint density at radius 1 is 1.19 bits per heavy atom. The molecular weight excluding hydrogens is 324 g/mol. The van der Waals surface area contributed by atoms with Crippen LogP contribution >= 0.6 is 0 Å². The van der Waals surface area contributed by atoms with Gasteiger partial charge in [0.05, 0.1) is 5.56 Å². The first-order valence-corrected chi connectivity index (χ1v) is 9.57. The van der Waals surface area contributed by atoms with E-state index in [2.05, 4.69) is 59.5 Å². The highest BCUT2D eigenvalue weighted by Gasteiger charge is 2.24. The van der Waals surface area contributed by atoms with Gasteiger partial charge in [0.15, 0.2) is 0 Å². The molecule has 1 amide bonds. The van der Waals surface area contributed by atoms with Gasteiger partial charge in [0.25, 0.3) is 5.91 Å². The lowest BCUT2D eigenvalue weighted by molar-refractivity contribution is 0.0689. The summed E-state index contributed by atoms with van der Waals surface area (Å²) in [4.78, 5) is 23.2. The first kappa shape index (κ1) is 18.4. The van der Waals surface area contributed by atoms with Crippen molar-refractivity contribution in [3.05, 3.63) is 53.9 Å². The minimum absolute atomic E-state index is 0.0400. The number of rotatable bonds is 6. The highest BCUT2D eigenvalue weighted by molar-refractivity contribution is 5.93. The van der Waals surface area contributed by atoms with Gasteiger partial charge in [-0.15, -0.1) is 0 Å². The summed E-state index contributed by atoms with van der Waals surface area (Å²) < 4.78 is 0. The highest BCUT2D eigenvalue weighted by atomic mass is 16.2. The molecule has 1 fully saturated rings. The van der Waals surface area contributed by atoms with E-state index in [1.807, 2.05) is 4.90 Å². The number of anilines is 1. The van der Waals surface area contributed by atoms with Crippen LogP contribution in [0.1, 0.15) is 49.0 Å². The Bertz CT molecular complexity index is 694. The van der Waals surface area contributed by atoms with E-state index in [1.54, 1.807) is 12.4 Å².